The van der Waals surface area contributed by atoms with Crippen molar-refractivity contribution >= 4 is 56.4 Å². The monoisotopic (exact) mass is 553 g/mol. The Bertz CT molecular complexity index is 1130. The summed E-state index contributed by atoms with van der Waals surface area (Å²) >= 11 is 8.30. The molecule has 2 aromatic carbocycles. The zero-order valence-electron chi connectivity index (χ0n) is 18.2. The smallest absolute Gasteiger partial charge is 0.277 e. The third-order valence-electron chi connectivity index (χ3n) is 4.29. The molecule has 0 aliphatic heterocycles. The molecule has 0 radical (unpaired) electrons. The quantitative estimate of drug-likeness (QED) is 0.276. The number of amides is 2. The first-order chi connectivity index (χ1) is 15.8. The van der Waals surface area contributed by atoms with Gasteiger partial charge in [0.2, 0.25) is 0 Å². The number of carbonyl (C=O) groups is 2. The number of thiocarbonyl (C=S) groups is 1. The fourth-order valence-electron chi connectivity index (χ4n) is 2.53. The van der Waals surface area contributed by atoms with Crippen molar-refractivity contribution in [1.82, 2.24) is 16.2 Å². The van der Waals surface area contributed by atoms with E-state index in [9.17, 15) is 29.8 Å². The molecule has 2 aromatic rings. The molecule has 0 heterocycles. The summed E-state index contributed by atoms with van der Waals surface area (Å²) in [5.41, 5.74) is 3.89. The van der Waals surface area contributed by atoms with Crippen molar-refractivity contribution in [2.75, 3.05) is 6.61 Å². The van der Waals surface area contributed by atoms with E-state index in [0.717, 1.165) is 23.8 Å². The van der Waals surface area contributed by atoms with Crippen LogP contribution >= 0.6 is 28.1 Å². The van der Waals surface area contributed by atoms with Crippen LogP contribution in [-0.4, -0.2) is 33.4 Å². The first-order valence-electron chi connectivity index (χ1n) is 9.55. The summed E-state index contributed by atoms with van der Waals surface area (Å²) < 4.78 is 6.14. The van der Waals surface area contributed by atoms with Crippen molar-refractivity contribution in [3.8, 4) is 5.75 Å². The first-order valence-corrected chi connectivity index (χ1v) is 10.7. The molecule has 0 atom stereocenters. The topological polar surface area (TPSA) is 166 Å². The lowest BCUT2D eigenvalue weighted by molar-refractivity contribution is -0.394. The maximum absolute atomic E-state index is 12.3. The zero-order valence-corrected chi connectivity index (χ0v) is 20.6. The minimum absolute atomic E-state index is 0.0575. The molecule has 0 bridgehead atoms. The van der Waals surface area contributed by atoms with E-state index >= 15 is 0 Å². The van der Waals surface area contributed by atoms with Crippen molar-refractivity contribution in [2.45, 2.75) is 26.2 Å². The third kappa shape index (κ3) is 7.45. The van der Waals surface area contributed by atoms with Crippen LogP contribution in [0.1, 0.15) is 36.7 Å². The molecule has 14 heteroatoms. The molecule has 0 fully saturated rings. The lowest BCUT2D eigenvalue weighted by Gasteiger charge is -2.20. The number of nitrogens with zero attached hydrogens (tertiary/aromatic N) is 2. The van der Waals surface area contributed by atoms with Gasteiger partial charge in [-0.15, -0.1) is 0 Å². The standard InChI is InChI=1S/C20H20BrN5O7S/c1-20(2,3)12-4-5-16(15(21)8-12)33-10-17(27)23-24-19(34)22-18(28)11-6-13(25(29)30)9-14(7-11)26(31)32/h4-9H,10H2,1-3H3,(H,23,27)(H2,22,24,28,34). The highest BCUT2D eigenvalue weighted by atomic mass is 79.9. The van der Waals surface area contributed by atoms with Gasteiger partial charge in [0.25, 0.3) is 23.2 Å². The summed E-state index contributed by atoms with van der Waals surface area (Å²) in [6, 6.07) is 7.96. The van der Waals surface area contributed by atoms with Gasteiger partial charge in [0.1, 0.15) is 5.75 Å². The Hall–Kier alpha value is -3.65. The normalized spacial score (nSPS) is 10.7. The number of carbonyl (C=O) groups excluding carboxylic acids is 2. The Morgan fingerprint density at radius 3 is 2.12 bits per heavy atom. The van der Waals surface area contributed by atoms with Gasteiger partial charge in [-0.1, -0.05) is 26.8 Å². The highest BCUT2D eigenvalue weighted by Crippen LogP contribution is 2.31. The molecule has 0 spiro atoms. The minimum atomic E-state index is -0.947. The number of benzene rings is 2. The van der Waals surface area contributed by atoms with Crippen LogP contribution in [0.5, 0.6) is 5.75 Å². The summed E-state index contributed by atoms with van der Waals surface area (Å²) in [4.78, 5) is 44.4. The Kier molecular flexibility index (Phi) is 8.59. The number of nitro groups is 2. The van der Waals surface area contributed by atoms with Gasteiger partial charge in [0.15, 0.2) is 11.7 Å². The summed E-state index contributed by atoms with van der Waals surface area (Å²) in [5.74, 6) is -1.11. The van der Waals surface area contributed by atoms with Crippen LogP contribution in [0, 0.1) is 20.2 Å². The second-order valence-corrected chi connectivity index (χ2v) is 9.16. The van der Waals surface area contributed by atoms with Crippen LogP contribution in [0.25, 0.3) is 0 Å². The predicted octanol–water partition coefficient (Wildman–Crippen LogP) is 3.28. The number of hydrazine groups is 1. The second kappa shape index (κ2) is 11.0. The Balaban J connectivity index is 1.91. The molecule has 12 nitrogen and oxygen atoms in total. The summed E-state index contributed by atoms with van der Waals surface area (Å²) in [6.45, 7) is 5.83. The predicted molar refractivity (Wildman–Crippen MR) is 129 cm³/mol. The molecule has 2 amide bonds. The number of halogens is 1. The molecule has 0 unspecified atom stereocenters. The number of nitro benzene ring substituents is 2. The van der Waals surface area contributed by atoms with Gasteiger partial charge in [-0.2, -0.15) is 0 Å². The molecule has 0 saturated heterocycles. The van der Waals surface area contributed by atoms with E-state index in [1.165, 1.54) is 0 Å². The Morgan fingerprint density at radius 1 is 1.03 bits per heavy atom. The number of nitrogens with one attached hydrogen (secondary N) is 3. The summed E-state index contributed by atoms with van der Waals surface area (Å²) in [7, 11) is 0. The fourth-order valence-corrected chi connectivity index (χ4v) is 3.17. The average Bonchev–Trinajstić information content (AvgIpc) is 2.75. The van der Waals surface area contributed by atoms with Crippen LogP contribution in [0.15, 0.2) is 40.9 Å². The molecule has 0 aliphatic rings. The first kappa shape index (κ1) is 26.6. The van der Waals surface area contributed by atoms with Crippen LogP contribution in [0.4, 0.5) is 11.4 Å². The molecule has 34 heavy (non-hydrogen) atoms. The van der Waals surface area contributed by atoms with Crippen molar-refractivity contribution in [1.29, 1.82) is 0 Å². The van der Waals surface area contributed by atoms with Gasteiger partial charge in [0, 0.05) is 12.1 Å². The fraction of sp³-hybridized carbons (Fsp3) is 0.250. The van der Waals surface area contributed by atoms with E-state index in [2.05, 4.69) is 52.9 Å². The van der Waals surface area contributed by atoms with E-state index in [1.54, 1.807) is 6.07 Å². The highest BCUT2D eigenvalue weighted by molar-refractivity contribution is 9.10. The van der Waals surface area contributed by atoms with E-state index in [1.807, 2.05) is 12.1 Å². The van der Waals surface area contributed by atoms with E-state index < -0.39 is 33.0 Å². The van der Waals surface area contributed by atoms with Gasteiger partial charge in [-0.3, -0.25) is 46.0 Å². The molecule has 180 valence electrons. The number of non-ortho nitro benzene ring substituents is 2. The van der Waals surface area contributed by atoms with Crippen LogP contribution in [0.3, 0.4) is 0 Å². The Labute approximate surface area is 207 Å². The number of hydrogen-bond donors (Lipinski definition) is 3. The highest BCUT2D eigenvalue weighted by Gasteiger charge is 2.20. The SMILES string of the molecule is CC(C)(C)c1ccc(OCC(=O)NNC(=S)NC(=O)c2cc([N+](=O)[O-])cc([N+](=O)[O-])c2)c(Br)c1. The van der Waals surface area contributed by atoms with E-state index in [-0.39, 0.29) is 22.7 Å². The van der Waals surface area contributed by atoms with Crippen molar-refractivity contribution < 1.29 is 24.2 Å². The minimum Gasteiger partial charge on any atom is -0.483 e. The van der Waals surface area contributed by atoms with Crippen LogP contribution in [-0.2, 0) is 10.2 Å². The van der Waals surface area contributed by atoms with Crippen LogP contribution in [0.2, 0.25) is 0 Å². The van der Waals surface area contributed by atoms with E-state index in [0.29, 0.717) is 10.2 Å². The second-order valence-electron chi connectivity index (χ2n) is 7.89. The third-order valence-corrected chi connectivity index (χ3v) is 5.11. The van der Waals surface area contributed by atoms with Crippen molar-refractivity contribution in [2.24, 2.45) is 0 Å². The molecule has 0 saturated carbocycles. The summed E-state index contributed by atoms with van der Waals surface area (Å²) in [5, 5.41) is 23.7. The lowest BCUT2D eigenvalue weighted by Crippen LogP contribution is -2.49. The number of rotatable bonds is 6. The van der Waals surface area contributed by atoms with Gasteiger partial charge in [0.05, 0.1) is 25.9 Å². The molecule has 3 N–H and O–H groups in total. The number of ether oxygens (including phenoxy) is 1. The summed E-state index contributed by atoms with van der Waals surface area (Å²) in [6.07, 6.45) is 0. The molecule has 0 aliphatic carbocycles. The van der Waals surface area contributed by atoms with E-state index in [4.69, 9.17) is 17.0 Å². The van der Waals surface area contributed by atoms with Gasteiger partial charge < -0.3 is 4.74 Å². The van der Waals surface area contributed by atoms with Gasteiger partial charge >= 0.3 is 0 Å². The van der Waals surface area contributed by atoms with Gasteiger partial charge in [-0.25, -0.2) is 0 Å². The molecule has 0 aromatic heterocycles. The Morgan fingerprint density at radius 2 is 1.62 bits per heavy atom. The molecular weight excluding hydrogens is 534 g/mol. The van der Waals surface area contributed by atoms with Gasteiger partial charge in [-0.05, 0) is 51.3 Å². The maximum atomic E-state index is 12.3. The molecular formula is C20H20BrN5O7S. The molecule has 2 rings (SSSR count). The van der Waals surface area contributed by atoms with Crippen molar-refractivity contribution in [3.63, 3.8) is 0 Å². The number of hydrogen-bond acceptors (Lipinski definition) is 8. The maximum Gasteiger partial charge on any atom is 0.277 e. The zero-order chi connectivity index (χ0) is 25.6. The largest absolute Gasteiger partial charge is 0.483 e. The average molecular weight is 554 g/mol. The van der Waals surface area contributed by atoms with Crippen molar-refractivity contribution in [3.05, 3.63) is 72.2 Å². The van der Waals surface area contributed by atoms with Crippen LogP contribution < -0.4 is 20.9 Å². The lowest BCUT2D eigenvalue weighted by atomic mass is 9.87.